The smallest absolute Gasteiger partial charge is 0.203 e. The van der Waals surface area contributed by atoms with E-state index in [1.165, 1.54) is 0 Å². The van der Waals surface area contributed by atoms with Gasteiger partial charge >= 0.3 is 0 Å². The Labute approximate surface area is 153 Å². The maximum atomic E-state index is 5.40. The van der Waals surface area contributed by atoms with Crippen molar-refractivity contribution in [3.63, 3.8) is 0 Å². The van der Waals surface area contributed by atoms with E-state index in [1.807, 2.05) is 30.3 Å². The predicted molar refractivity (Wildman–Crippen MR) is 106 cm³/mol. The van der Waals surface area contributed by atoms with E-state index >= 15 is 0 Å². The topological polar surface area (TPSA) is 36.9 Å². The molecule has 0 bridgehead atoms. The van der Waals surface area contributed by atoms with Gasteiger partial charge in [-0.1, -0.05) is 30.4 Å². The van der Waals surface area contributed by atoms with E-state index in [0.29, 0.717) is 17.2 Å². The molecule has 0 fully saturated rings. The highest BCUT2D eigenvalue weighted by Crippen LogP contribution is 2.38. The molecule has 0 aliphatic heterocycles. The van der Waals surface area contributed by atoms with Gasteiger partial charge in [0.25, 0.3) is 0 Å². The second kappa shape index (κ2) is 7.83. The summed E-state index contributed by atoms with van der Waals surface area (Å²) in [5, 5.41) is 2.31. The zero-order valence-electron chi connectivity index (χ0n) is 15.4. The number of rotatable bonds is 6. The molecule has 3 aromatic rings. The molecule has 0 N–H and O–H groups in total. The molecule has 0 saturated carbocycles. The molecule has 0 unspecified atom stereocenters. The molecular weight excluding hydrogens is 328 g/mol. The first-order chi connectivity index (χ1) is 12.7. The zero-order chi connectivity index (χ0) is 18.5. The fraction of sp³-hybridized carbons (Fsp3) is 0.182. The summed E-state index contributed by atoms with van der Waals surface area (Å²) >= 11 is 0. The van der Waals surface area contributed by atoms with E-state index in [2.05, 4.69) is 30.3 Å². The highest BCUT2D eigenvalue weighted by Gasteiger charge is 2.11. The fourth-order valence-electron chi connectivity index (χ4n) is 2.86. The Balaban J connectivity index is 1.93. The minimum Gasteiger partial charge on any atom is -0.497 e. The van der Waals surface area contributed by atoms with Gasteiger partial charge in [0.1, 0.15) is 5.75 Å². The summed E-state index contributed by atoms with van der Waals surface area (Å²) in [6.07, 6.45) is 4.08. The van der Waals surface area contributed by atoms with Crippen LogP contribution in [0.1, 0.15) is 11.1 Å². The molecule has 0 aromatic heterocycles. The average Bonchev–Trinajstić information content (AvgIpc) is 2.70. The van der Waals surface area contributed by atoms with Gasteiger partial charge in [-0.05, 0) is 52.2 Å². The second-order valence-corrected chi connectivity index (χ2v) is 5.76. The summed E-state index contributed by atoms with van der Waals surface area (Å²) in [6, 6.07) is 16.2. The Hall–Kier alpha value is -3.14. The Morgan fingerprint density at radius 1 is 0.577 bits per heavy atom. The first kappa shape index (κ1) is 17.7. The van der Waals surface area contributed by atoms with Crippen LogP contribution >= 0.6 is 0 Å². The third-order valence-corrected chi connectivity index (χ3v) is 4.23. The second-order valence-electron chi connectivity index (χ2n) is 5.76. The predicted octanol–water partition coefficient (Wildman–Crippen LogP) is 5.04. The van der Waals surface area contributed by atoms with Gasteiger partial charge in [-0.2, -0.15) is 0 Å². The lowest BCUT2D eigenvalue weighted by Crippen LogP contribution is -1.95. The summed E-state index contributed by atoms with van der Waals surface area (Å²) in [6.45, 7) is 0. The number of benzene rings is 3. The van der Waals surface area contributed by atoms with Crippen LogP contribution in [0.15, 0.2) is 48.5 Å². The molecule has 0 atom stereocenters. The van der Waals surface area contributed by atoms with Crippen molar-refractivity contribution in [2.24, 2.45) is 0 Å². The molecule has 4 nitrogen and oxygen atoms in total. The average molecular weight is 350 g/mol. The number of methoxy groups -OCH3 is 4. The lowest BCUT2D eigenvalue weighted by molar-refractivity contribution is 0.324. The third-order valence-electron chi connectivity index (χ3n) is 4.23. The summed E-state index contributed by atoms with van der Waals surface area (Å²) in [5.74, 6) is 2.72. The van der Waals surface area contributed by atoms with Gasteiger partial charge in [-0.15, -0.1) is 0 Å². The Bertz CT molecular complexity index is 919. The molecule has 3 aromatic carbocycles. The molecule has 26 heavy (non-hydrogen) atoms. The standard InChI is InChI=1S/C22H22O4/c1-23-19-10-9-17-11-15(7-8-18(17)14-19)5-6-16-12-20(24-2)22(26-4)21(13-16)25-3/h5-14H,1-4H3/b6-5-. The van der Waals surface area contributed by atoms with Crippen molar-refractivity contribution in [1.29, 1.82) is 0 Å². The van der Waals surface area contributed by atoms with Crippen molar-refractivity contribution < 1.29 is 18.9 Å². The normalized spacial score (nSPS) is 10.9. The molecule has 3 rings (SSSR count). The quantitative estimate of drug-likeness (QED) is 0.583. The van der Waals surface area contributed by atoms with E-state index in [4.69, 9.17) is 18.9 Å². The van der Waals surface area contributed by atoms with Gasteiger partial charge in [-0.25, -0.2) is 0 Å². The number of fused-ring (bicyclic) bond motifs is 1. The number of hydrogen-bond donors (Lipinski definition) is 0. The van der Waals surface area contributed by atoms with Crippen LogP contribution in [0.3, 0.4) is 0 Å². The SMILES string of the molecule is COc1ccc2cc(/C=C\c3cc(OC)c(OC)c(OC)c3)ccc2c1. The molecule has 4 heteroatoms. The Morgan fingerprint density at radius 2 is 1.19 bits per heavy atom. The molecule has 0 heterocycles. The van der Waals surface area contributed by atoms with Gasteiger partial charge in [0.05, 0.1) is 28.4 Å². The molecule has 0 amide bonds. The number of ether oxygens (including phenoxy) is 4. The first-order valence-electron chi connectivity index (χ1n) is 8.24. The Morgan fingerprint density at radius 3 is 1.81 bits per heavy atom. The highest BCUT2D eigenvalue weighted by molar-refractivity contribution is 5.87. The van der Waals surface area contributed by atoms with Crippen LogP contribution in [-0.4, -0.2) is 28.4 Å². The molecular formula is C22H22O4. The van der Waals surface area contributed by atoms with E-state index < -0.39 is 0 Å². The van der Waals surface area contributed by atoms with Crippen molar-refractivity contribution in [3.05, 3.63) is 59.7 Å². The van der Waals surface area contributed by atoms with Crippen molar-refractivity contribution >= 4 is 22.9 Å². The van der Waals surface area contributed by atoms with Gasteiger partial charge in [-0.3, -0.25) is 0 Å². The van der Waals surface area contributed by atoms with Crippen LogP contribution in [0.5, 0.6) is 23.0 Å². The van der Waals surface area contributed by atoms with Crippen LogP contribution in [0.4, 0.5) is 0 Å². The Kier molecular flexibility index (Phi) is 5.32. The molecule has 0 radical (unpaired) electrons. The van der Waals surface area contributed by atoms with Gasteiger partial charge in [0.2, 0.25) is 5.75 Å². The van der Waals surface area contributed by atoms with E-state index in [0.717, 1.165) is 27.6 Å². The van der Waals surface area contributed by atoms with Crippen molar-refractivity contribution in [3.8, 4) is 23.0 Å². The number of hydrogen-bond acceptors (Lipinski definition) is 4. The minimum absolute atomic E-state index is 0.590. The fourth-order valence-corrected chi connectivity index (χ4v) is 2.86. The summed E-state index contributed by atoms with van der Waals surface area (Å²) in [4.78, 5) is 0. The molecule has 0 aliphatic rings. The van der Waals surface area contributed by atoms with Crippen LogP contribution in [0.2, 0.25) is 0 Å². The molecule has 0 saturated heterocycles. The molecule has 134 valence electrons. The van der Waals surface area contributed by atoms with Gasteiger partial charge in [0.15, 0.2) is 11.5 Å². The maximum absolute atomic E-state index is 5.40. The van der Waals surface area contributed by atoms with E-state index in [-0.39, 0.29) is 0 Å². The van der Waals surface area contributed by atoms with Crippen molar-refractivity contribution in [2.75, 3.05) is 28.4 Å². The van der Waals surface area contributed by atoms with Gasteiger partial charge in [0, 0.05) is 0 Å². The maximum Gasteiger partial charge on any atom is 0.203 e. The van der Waals surface area contributed by atoms with Crippen LogP contribution in [0, 0.1) is 0 Å². The first-order valence-corrected chi connectivity index (χ1v) is 8.24. The zero-order valence-corrected chi connectivity index (χ0v) is 15.4. The van der Waals surface area contributed by atoms with Crippen LogP contribution in [-0.2, 0) is 0 Å². The van der Waals surface area contributed by atoms with Gasteiger partial charge < -0.3 is 18.9 Å². The monoisotopic (exact) mass is 350 g/mol. The lowest BCUT2D eigenvalue weighted by atomic mass is 10.1. The van der Waals surface area contributed by atoms with Crippen LogP contribution < -0.4 is 18.9 Å². The largest absolute Gasteiger partial charge is 0.497 e. The summed E-state index contributed by atoms with van der Waals surface area (Å²) in [7, 11) is 6.50. The van der Waals surface area contributed by atoms with E-state index in [9.17, 15) is 0 Å². The van der Waals surface area contributed by atoms with Crippen LogP contribution in [0.25, 0.3) is 22.9 Å². The molecule has 0 aliphatic carbocycles. The molecule has 0 spiro atoms. The third kappa shape index (κ3) is 3.59. The lowest BCUT2D eigenvalue weighted by Gasteiger charge is -2.12. The van der Waals surface area contributed by atoms with Crippen molar-refractivity contribution in [2.45, 2.75) is 0 Å². The highest BCUT2D eigenvalue weighted by atomic mass is 16.5. The van der Waals surface area contributed by atoms with Crippen molar-refractivity contribution in [1.82, 2.24) is 0 Å². The summed E-state index contributed by atoms with van der Waals surface area (Å²) in [5.41, 5.74) is 2.07. The summed E-state index contributed by atoms with van der Waals surface area (Å²) < 4.78 is 21.4. The van der Waals surface area contributed by atoms with E-state index in [1.54, 1.807) is 28.4 Å². The minimum atomic E-state index is 0.590.